The number of piperidine rings is 1. The highest BCUT2D eigenvalue weighted by molar-refractivity contribution is 14.0. The Balaban J connectivity index is 0.00000280. The molecule has 3 rings (SSSR count). The first-order valence-electron chi connectivity index (χ1n) is 10.4. The maximum atomic E-state index is 4.36. The second-order valence-electron chi connectivity index (χ2n) is 7.78. The third-order valence-corrected chi connectivity index (χ3v) is 5.60. The molecule has 2 heterocycles. The third kappa shape index (κ3) is 7.28. The predicted octanol–water partition coefficient (Wildman–Crippen LogP) is 3.47. The summed E-state index contributed by atoms with van der Waals surface area (Å²) < 4.78 is 0. The van der Waals surface area contributed by atoms with Crippen LogP contribution in [0.1, 0.15) is 31.7 Å². The second-order valence-corrected chi connectivity index (χ2v) is 7.78. The van der Waals surface area contributed by atoms with Crippen LogP contribution in [-0.4, -0.2) is 57.2 Å². The van der Waals surface area contributed by atoms with Crippen molar-refractivity contribution in [2.75, 3.05) is 51.2 Å². The molecule has 2 N–H and O–H groups in total. The quantitative estimate of drug-likeness (QED) is 0.199. The normalized spacial score (nSPS) is 18.2. The van der Waals surface area contributed by atoms with Gasteiger partial charge in [-0.25, -0.2) is 0 Å². The molecule has 0 bridgehead atoms. The fourth-order valence-corrected chi connectivity index (χ4v) is 3.75. The Morgan fingerprint density at radius 2 is 1.89 bits per heavy atom. The fourth-order valence-electron chi connectivity index (χ4n) is 3.75. The van der Waals surface area contributed by atoms with Crippen LogP contribution in [0, 0.1) is 5.92 Å². The number of likely N-dealkylation sites (tertiary alicyclic amines) is 1. The van der Waals surface area contributed by atoms with Crippen molar-refractivity contribution in [2.45, 2.75) is 32.7 Å². The van der Waals surface area contributed by atoms with Crippen LogP contribution in [0.3, 0.4) is 0 Å². The van der Waals surface area contributed by atoms with Crippen LogP contribution in [-0.2, 0) is 6.54 Å². The van der Waals surface area contributed by atoms with E-state index in [0.29, 0.717) is 0 Å². The summed E-state index contributed by atoms with van der Waals surface area (Å²) in [4.78, 5) is 9.32. The number of hydrogen-bond acceptors (Lipinski definition) is 3. The van der Waals surface area contributed by atoms with Gasteiger partial charge in [0, 0.05) is 38.9 Å². The summed E-state index contributed by atoms with van der Waals surface area (Å²) in [6.07, 6.45) is 8.31. The molecule has 0 saturated carbocycles. The first kappa shape index (κ1) is 23.0. The van der Waals surface area contributed by atoms with E-state index >= 15 is 0 Å². The number of halogens is 1. The number of benzene rings is 1. The molecule has 2 aliphatic heterocycles. The van der Waals surface area contributed by atoms with Crippen LogP contribution < -0.4 is 15.5 Å². The average Bonchev–Trinajstić information content (AvgIpc) is 3.24. The Morgan fingerprint density at radius 3 is 2.61 bits per heavy atom. The van der Waals surface area contributed by atoms with Gasteiger partial charge >= 0.3 is 0 Å². The number of guanidine groups is 1. The van der Waals surface area contributed by atoms with E-state index in [9.17, 15) is 0 Å². The Kier molecular flexibility index (Phi) is 10.1. The van der Waals surface area contributed by atoms with Crippen molar-refractivity contribution >= 4 is 35.6 Å². The molecule has 2 aliphatic rings. The van der Waals surface area contributed by atoms with Gasteiger partial charge in [-0.1, -0.05) is 31.2 Å². The molecule has 1 aromatic rings. The van der Waals surface area contributed by atoms with E-state index in [1.807, 2.05) is 7.05 Å². The summed E-state index contributed by atoms with van der Waals surface area (Å²) in [7, 11) is 1.84. The monoisotopic (exact) mass is 497 g/mol. The van der Waals surface area contributed by atoms with Gasteiger partial charge in [0.25, 0.3) is 0 Å². The molecule has 1 aromatic carbocycles. The molecule has 28 heavy (non-hydrogen) atoms. The lowest BCUT2D eigenvalue weighted by Crippen LogP contribution is -2.39. The second kappa shape index (κ2) is 12.3. The summed E-state index contributed by atoms with van der Waals surface area (Å²) in [5, 5.41) is 6.89. The topological polar surface area (TPSA) is 42.9 Å². The predicted molar refractivity (Wildman–Crippen MR) is 131 cm³/mol. The Hall–Kier alpha value is -1.28. The molecular weight excluding hydrogens is 461 g/mol. The molecule has 0 unspecified atom stereocenters. The van der Waals surface area contributed by atoms with Gasteiger partial charge in [-0.05, 0) is 62.5 Å². The number of nitrogens with one attached hydrogen (secondary N) is 2. The third-order valence-electron chi connectivity index (χ3n) is 5.60. The van der Waals surface area contributed by atoms with E-state index in [1.54, 1.807) is 0 Å². The minimum absolute atomic E-state index is 0. The Morgan fingerprint density at radius 1 is 1.14 bits per heavy atom. The molecule has 156 valence electrons. The number of aliphatic imine (C=N–C) groups is 1. The van der Waals surface area contributed by atoms with Gasteiger partial charge in [0.2, 0.25) is 0 Å². The van der Waals surface area contributed by atoms with Crippen molar-refractivity contribution in [3.05, 3.63) is 42.0 Å². The van der Waals surface area contributed by atoms with E-state index in [0.717, 1.165) is 44.5 Å². The first-order valence-corrected chi connectivity index (χ1v) is 10.4. The highest BCUT2D eigenvalue weighted by atomic mass is 127. The molecular formula is C22H36IN5. The lowest BCUT2D eigenvalue weighted by Gasteiger charge is -2.30. The van der Waals surface area contributed by atoms with E-state index in [1.165, 1.54) is 43.7 Å². The zero-order valence-corrected chi connectivity index (χ0v) is 19.7. The summed E-state index contributed by atoms with van der Waals surface area (Å²) in [6.45, 7) is 9.85. The van der Waals surface area contributed by atoms with Gasteiger partial charge in [0.15, 0.2) is 5.96 Å². The molecule has 1 fully saturated rings. The maximum Gasteiger partial charge on any atom is 0.191 e. The molecule has 6 heteroatoms. The van der Waals surface area contributed by atoms with Crippen LogP contribution in [0.15, 0.2) is 41.4 Å². The van der Waals surface area contributed by atoms with Crippen LogP contribution in [0.2, 0.25) is 0 Å². The molecule has 0 atom stereocenters. The van der Waals surface area contributed by atoms with Crippen molar-refractivity contribution in [2.24, 2.45) is 10.9 Å². The van der Waals surface area contributed by atoms with Gasteiger partial charge in [-0.3, -0.25) is 4.99 Å². The van der Waals surface area contributed by atoms with Crippen LogP contribution >= 0.6 is 24.0 Å². The summed E-state index contributed by atoms with van der Waals surface area (Å²) in [5.41, 5.74) is 2.57. The van der Waals surface area contributed by atoms with Crippen molar-refractivity contribution in [1.29, 1.82) is 0 Å². The molecule has 5 nitrogen and oxygen atoms in total. The standard InChI is InChI=1S/C22H35N5.HI/c1-19-9-15-26(16-10-19)12-6-11-24-22(23-2)25-18-20-7-5-8-21(17-20)27-13-3-4-14-27;/h3-5,7-8,17,19H,6,9-16,18H2,1-2H3,(H2,23,24,25);1H. The first-order chi connectivity index (χ1) is 13.2. The molecule has 0 aliphatic carbocycles. The van der Waals surface area contributed by atoms with Gasteiger partial charge in [-0.15, -0.1) is 24.0 Å². The summed E-state index contributed by atoms with van der Waals surface area (Å²) in [5.74, 6) is 1.79. The fraction of sp³-hybridized carbons (Fsp3) is 0.591. The lowest BCUT2D eigenvalue weighted by atomic mass is 9.99. The van der Waals surface area contributed by atoms with Gasteiger partial charge in [0.1, 0.15) is 0 Å². The maximum absolute atomic E-state index is 4.36. The van der Waals surface area contributed by atoms with Crippen LogP contribution in [0.5, 0.6) is 0 Å². The minimum Gasteiger partial charge on any atom is -0.364 e. The van der Waals surface area contributed by atoms with Crippen LogP contribution in [0.4, 0.5) is 5.69 Å². The van der Waals surface area contributed by atoms with Gasteiger partial charge in [-0.2, -0.15) is 0 Å². The van der Waals surface area contributed by atoms with Crippen molar-refractivity contribution < 1.29 is 0 Å². The van der Waals surface area contributed by atoms with Crippen molar-refractivity contribution in [3.63, 3.8) is 0 Å². The zero-order valence-electron chi connectivity index (χ0n) is 17.4. The van der Waals surface area contributed by atoms with Gasteiger partial charge in [0.05, 0.1) is 0 Å². The highest BCUT2D eigenvalue weighted by Crippen LogP contribution is 2.18. The van der Waals surface area contributed by atoms with Crippen molar-refractivity contribution in [1.82, 2.24) is 15.5 Å². The Bertz CT molecular complexity index is 630. The van der Waals surface area contributed by atoms with Gasteiger partial charge < -0.3 is 20.4 Å². The molecule has 0 radical (unpaired) electrons. The number of hydrogen-bond donors (Lipinski definition) is 2. The lowest BCUT2D eigenvalue weighted by molar-refractivity contribution is 0.191. The van der Waals surface area contributed by atoms with E-state index in [2.05, 4.69) is 68.8 Å². The Labute approximate surface area is 187 Å². The minimum atomic E-state index is 0. The SMILES string of the molecule is CN=C(NCCCN1CCC(C)CC1)NCc1cccc(N2CC=CC2)c1.I. The average molecular weight is 497 g/mol. The molecule has 1 saturated heterocycles. The molecule has 0 amide bonds. The molecule has 0 spiro atoms. The van der Waals surface area contributed by atoms with Crippen molar-refractivity contribution in [3.8, 4) is 0 Å². The summed E-state index contributed by atoms with van der Waals surface area (Å²) >= 11 is 0. The number of anilines is 1. The number of rotatable bonds is 7. The van der Waals surface area contributed by atoms with E-state index in [-0.39, 0.29) is 24.0 Å². The molecule has 0 aromatic heterocycles. The van der Waals surface area contributed by atoms with E-state index < -0.39 is 0 Å². The number of nitrogens with zero attached hydrogens (tertiary/aromatic N) is 3. The smallest absolute Gasteiger partial charge is 0.191 e. The largest absolute Gasteiger partial charge is 0.364 e. The highest BCUT2D eigenvalue weighted by Gasteiger charge is 2.14. The summed E-state index contributed by atoms with van der Waals surface area (Å²) in [6, 6.07) is 8.76. The zero-order chi connectivity index (χ0) is 18.9. The van der Waals surface area contributed by atoms with Crippen LogP contribution in [0.25, 0.3) is 0 Å². The van der Waals surface area contributed by atoms with E-state index in [4.69, 9.17) is 0 Å².